The van der Waals surface area contributed by atoms with Crippen LogP contribution >= 0.6 is 11.6 Å². The highest BCUT2D eigenvalue weighted by atomic mass is 35.5. The third kappa shape index (κ3) is 2.51. The van der Waals surface area contributed by atoms with Gasteiger partial charge in [-0.2, -0.15) is 0 Å². The lowest BCUT2D eigenvalue weighted by molar-refractivity contribution is 0.416. The van der Waals surface area contributed by atoms with Crippen LogP contribution in [-0.4, -0.2) is 7.11 Å². The fourth-order valence-electron chi connectivity index (χ4n) is 1.73. The third-order valence-corrected chi connectivity index (χ3v) is 2.83. The summed E-state index contributed by atoms with van der Waals surface area (Å²) in [6, 6.07) is 13.7. The maximum Gasteiger partial charge on any atom is 0.126 e. The van der Waals surface area contributed by atoms with Gasteiger partial charge in [-0.3, -0.25) is 0 Å². The van der Waals surface area contributed by atoms with Crippen LogP contribution in [0.4, 0.5) is 0 Å². The van der Waals surface area contributed by atoms with E-state index in [1.807, 2.05) is 48.5 Å². The van der Waals surface area contributed by atoms with E-state index in [2.05, 4.69) is 6.58 Å². The summed E-state index contributed by atoms with van der Waals surface area (Å²) in [5.74, 6) is 0.831. The summed E-state index contributed by atoms with van der Waals surface area (Å²) in [6.07, 6.45) is 1.81. The van der Waals surface area contributed by atoms with Crippen molar-refractivity contribution >= 4 is 17.7 Å². The van der Waals surface area contributed by atoms with Crippen LogP contribution in [0.1, 0.15) is 5.56 Å². The summed E-state index contributed by atoms with van der Waals surface area (Å²) in [5, 5.41) is 0.716. The second kappa shape index (κ2) is 5.07. The summed E-state index contributed by atoms with van der Waals surface area (Å²) in [7, 11) is 1.66. The van der Waals surface area contributed by atoms with Gasteiger partial charge in [0.15, 0.2) is 0 Å². The number of methoxy groups -OCH3 is 1. The lowest BCUT2D eigenvalue weighted by Crippen LogP contribution is -1.88. The van der Waals surface area contributed by atoms with E-state index in [1.54, 1.807) is 7.11 Å². The molecule has 0 heterocycles. The van der Waals surface area contributed by atoms with Gasteiger partial charge in [-0.25, -0.2) is 0 Å². The van der Waals surface area contributed by atoms with Gasteiger partial charge in [-0.05, 0) is 35.4 Å². The minimum Gasteiger partial charge on any atom is -0.496 e. The number of hydrogen-bond acceptors (Lipinski definition) is 1. The van der Waals surface area contributed by atoms with Crippen LogP contribution in [0, 0.1) is 0 Å². The van der Waals surface area contributed by atoms with Crippen LogP contribution in [0.25, 0.3) is 17.2 Å². The predicted molar refractivity (Wildman–Crippen MR) is 73.5 cm³/mol. The van der Waals surface area contributed by atoms with Crippen LogP contribution in [-0.2, 0) is 0 Å². The Morgan fingerprint density at radius 2 is 2.00 bits per heavy atom. The molecule has 2 rings (SSSR count). The average Bonchev–Trinajstić information content (AvgIpc) is 2.38. The monoisotopic (exact) mass is 244 g/mol. The first kappa shape index (κ1) is 11.7. The van der Waals surface area contributed by atoms with Crippen LogP contribution in [0.15, 0.2) is 49.0 Å². The normalized spacial score (nSPS) is 10.0. The number of benzene rings is 2. The van der Waals surface area contributed by atoms with Gasteiger partial charge < -0.3 is 4.74 Å². The van der Waals surface area contributed by atoms with Gasteiger partial charge in [0, 0.05) is 10.6 Å². The number of rotatable bonds is 3. The second-order valence-corrected chi connectivity index (χ2v) is 4.11. The van der Waals surface area contributed by atoms with Crippen LogP contribution in [0.3, 0.4) is 0 Å². The van der Waals surface area contributed by atoms with E-state index in [0.29, 0.717) is 5.02 Å². The third-order valence-electron chi connectivity index (χ3n) is 2.59. The van der Waals surface area contributed by atoms with Gasteiger partial charge in [-0.15, -0.1) is 0 Å². The minimum absolute atomic E-state index is 0.716. The zero-order valence-corrected chi connectivity index (χ0v) is 10.4. The van der Waals surface area contributed by atoms with Crippen molar-refractivity contribution in [2.75, 3.05) is 7.11 Å². The molecule has 2 aromatic carbocycles. The molecular formula is C15H13ClO. The van der Waals surface area contributed by atoms with Gasteiger partial charge in [-0.1, -0.05) is 42.5 Å². The first-order valence-corrected chi connectivity index (χ1v) is 5.69. The quantitative estimate of drug-likeness (QED) is 0.763. The molecule has 0 aliphatic heterocycles. The molecule has 1 nitrogen and oxygen atoms in total. The maximum absolute atomic E-state index is 6.00. The second-order valence-electron chi connectivity index (χ2n) is 3.67. The first-order chi connectivity index (χ1) is 8.24. The molecule has 0 N–H and O–H groups in total. The van der Waals surface area contributed by atoms with Crippen LogP contribution in [0.2, 0.25) is 5.02 Å². The van der Waals surface area contributed by atoms with Gasteiger partial charge in [0.05, 0.1) is 7.11 Å². The highest BCUT2D eigenvalue weighted by Gasteiger charge is 2.06. The van der Waals surface area contributed by atoms with E-state index in [4.69, 9.17) is 16.3 Å². The fourth-order valence-corrected chi connectivity index (χ4v) is 1.92. The van der Waals surface area contributed by atoms with E-state index in [0.717, 1.165) is 22.4 Å². The van der Waals surface area contributed by atoms with E-state index >= 15 is 0 Å². The molecule has 86 valence electrons. The summed E-state index contributed by atoms with van der Waals surface area (Å²) in [5.41, 5.74) is 3.12. The van der Waals surface area contributed by atoms with Crippen LogP contribution < -0.4 is 4.74 Å². The van der Waals surface area contributed by atoms with E-state index in [1.165, 1.54) is 0 Å². The lowest BCUT2D eigenvalue weighted by Gasteiger charge is -2.10. The number of hydrogen-bond donors (Lipinski definition) is 0. The molecule has 0 bridgehead atoms. The van der Waals surface area contributed by atoms with Gasteiger partial charge in [0.25, 0.3) is 0 Å². The highest BCUT2D eigenvalue weighted by Crippen LogP contribution is 2.32. The lowest BCUT2D eigenvalue weighted by atomic mass is 10.0. The average molecular weight is 245 g/mol. The standard InChI is InChI=1S/C15H13ClO/c1-3-11-7-8-15(17-2)14(9-11)12-5-4-6-13(16)10-12/h3-10H,1H2,2H3. The Morgan fingerprint density at radius 1 is 1.18 bits per heavy atom. The van der Waals surface area contributed by atoms with Crippen molar-refractivity contribution in [3.63, 3.8) is 0 Å². The Balaban J connectivity index is 2.59. The Hall–Kier alpha value is -1.73. The Morgan fingerprint density at radius 3 is 2.65 bits per heavy atom. The summed E-state index contributed by atoms with van der Waals surface area (Å²) >= 11 is 6.00. The van der Waals surface area contributed by atoms with Crippen molar-refractivity contribution < 1.29 is 4.74 Å². The van der Waals surface area contributed by atoms with E-state index in [9.17, 15) is 0 Å². The molecule has 0 fully saturated rings. The molecule has 0 amide bonds. The molecule has 0 spiro atoms. The topological polar surface area (TPSA) is 9.23 Å². The number of halogens is 1. The molecule has 2 aromatic rings. The zero-order valence-electron chi connectivity index (χ0n) is 9.61. The predicted octanol–water partition coefficient (Wildman–Crippen LogP) is 4.66. The SMILES string of the molecule is C=Cc1ccc(OC)c(-c2cccc(Cl)c2)c1. The Labute approximate surface area is 106 Å². The summed E-state index contributed by atoms with van der Waals surface area (Å²) in [4.78, 5) is 0. The van der Waals surface area contributed by atoms with Crippen molar-refractivity contribution in [1.29, 1.82) is 0 Å². The smallest absolute Gasteiger partial charge is 0.126 e. The summed E-state index contributed by atoms with van der Waals surface area (Å²) in [6.45, 7) is 3.77. The van der Waals surface area contributed by atoms with Crippen molar-refractivity contribution in [2.45, 2.75) is 0 Å². The van der Waals surface area contributed by atoms with Gasteiger partial charge >= 0.3 is 0 Å². The Bertz CT molecular complexity index is 546. The summed E-state index contributed by atoms with van der Waals surface area (Å²) < 4.78 is 5.36. The molecule has 0 aliphatic carbocycles. The minimum atomic E-state index is 0.716. The zero-order chi connectivity index (χ0) is 12.3. The van der Waals surface area contributed by atoms with Gasteiger partial charge in [0.1, 0.15) is 5.75 Å². The van der Waals surface area contributed by atoms with E-state index in [-0.39, 0.29) is 0 Å². The van der Waals surface area contributed by atoms with Crippen molar-refractivity contribution in [3.8, 4) is 16.9 Å². The molecule has 0 saturated heterocycles. The van der Waals surface area contributed by atoms with Crippen molar-refractivity contribution in [2.24, 2.45) is 0 Å². The van der Waals surface area contributed by atoms with Crippen molar-refractivity contribution in [3.05, 3.63) is 59.6 Å². The Kier molecular flexibility index (Phi) is 3.50. The molecule has 0 saturated carbocycles. The fraction of sp³-hybridized carbons (Fsp3) is 0.0667. The maximum atomic E-state index is 6.00. The molecule has 0 aliphatic rings. The highest BCUT2D eigenvalue weighted by molar-refractivity contribution is 6.30. The molecule has 0 atom stereocenters. The van der Waals surface area contributed by atoms with E-state index < -0.39 is 0 Å². The molecule has 0 unspecified atom stereocenters. The molecule has 0 aromatic heterocycles. The van der Waals surface area contributed by atoms with Crippen LogP contribution in [0.5, 0.6) is 5.75 Å². The largest absolute Gasteiger partial charge is 0.496 e. The molecule has 17 heavy (non-hydrogen) atoms. The number of ether oxygens (including phenoxy) is 1. The molecule has 2 heteroatoms. The van der Waals surface area contributed by atoms with Crippen molar-refractivity contribution in [1.82, 2.24) is 0 Å². The first-order valence-electron chi connectivity index (χ1n) is 5.31. The molecular weight excluding hydrogens is 232 g/mol. The molecule has 0 radical (unpaired) electrons. The van der Waals surface area contributed by atoms with Gasteiger partial charge in [0.2, 0.25) is 0 Å².